The third-order valence-electron chi connectivity index (χ3n) is 5.40. The van der Waals surface area contributed by atoms with Gasteiger partial charge in [-0.25, -0.2) is 8.42 Å². The van der Waals surface area contributed by atoms with Crippen molar-refractivity contribution >= 4 is 55.8 Å². The summed E-state index contributed by atoms with van der Waals surface area (Å²) in [7, 11) is -2.03. The number of halogens is 1. The summed E-state index contributed by atoms with van der Waals surface area (Å²) in [5.41, 5.74) is 2.72. The molecule has 0 atom stereocenters. The highest BCUT2D eigenvalue weighted by Gasteiger charge is 2.32. The fourth-order valence-electron chi connectivity index (χ4n) is 3.88. The normalized spacial score (nSPS) is 16.8. The quantitative estimate of drug-likeness (QED) is 0.460. The lowest BCUT2D eigenvalue weighted by atomic mass is 10.2. The van der Waals surface area contributed by atoms with Crippen molar-refractivity contribution in [1.82, 2.24) is 5.32 Å². The summed E-state index contributed by atoms with van der Waals surface area (Å²) in [6, 6.07) is 9.30. The molecule has 2 aliphatic heterocycles. The summed E-state index contributed by atoms with van der Waals surface area (Å²) in [5, 5.41) is 3.33. The van der Waals surface area contributed by atoms with Crippen LogP contribution in [0.2, 0.25) is 0 Å². The number of ether oxygens (including phenoxy) is 1. The van der Waals surface area contributed by atoms with Gasteiger partial charge in [-0.15, -0.1) is 11.8 Å². The predicted octanol–water partition coefficient (Wildman–Crippen LogP) is 3.18. The van der Waals surface area contributed by atoms with Crippen LogP contribution >= 0.6 is 34.4 Å². The zero-order valence-corrected chi connectivity index (χ0v) is 20.2. The monoisotopic (exact) mass is 545 g/mol. The molecule has 0 spiro atoms. The van der Waals surface area contributed by atoms with Gasteiger partial charge in [0.25, 0.3) is 10.0 Å². The molecule has 2 aromatic rings. The average Bonchev–Trinajstić information content (AvgIpc) is 3.16. The molecule has 9 heteroatoms. The van der Waals surface area contributed by atoms with Gasteiger partial charge >= 0.3 is 0 Å². The summed E-state index contributed by atoms with van der Waals surface area (Å²) in [5.74, 6) is 0.701. The molecule has 2 heterocycles. The van der Waals surface area contributed by atoms with Crippen LogP contribution in [0.3, 0.4) is 0 Å². The predicted molar refractivity (Wildman–Crippen MR) is 127 cm³/mol. The van der Waals surface area contributed by atoms with Crippen molar-refractivity contribution in [3.05, 3.63) is 39.5 Å². The van der Waals surface area contributed by atoms with Crippen molar-refractivity contribution in [2.24, 2.45) is 0 Å². The van der Waals surface area contributed by atoms with Crippen LogP contribution < -0.4 is 19.3 Å². The summed E-state index contributed by atoms with van der Waals surface area (Å²) >= 11 is 3.97. The third-order valence-corrected chi connectivity index (χ3v) is 9.25. The van der Waals surface area contributed by atoms with E-state index in [4.69, 9.17) is 4.74 Å². The van der Waals surface area contributed by atoms with Crippen molar-refractivity contribution < 1.29 is 13.2 Å². The molecule has 0 amide bonds. The second-order valence-electron chi connectivity index (χ2n) is 7.01. The largest absolute Gasteiger partial charge is 0.495 e. The molecule has 29 heavy (non-hydrogen) atoms. The molecule has 1 saturated heterocycles. The lowest BCUT2D eigenvalue weighted by molar-refractivity contribution is 0.412. The molecule has 1 N–H and O–H groups in total. The smallest absolute Gasteiger partial charge is 0.264 e. The van der Waals surface area contributed by atoms with Gasteiger partial charge in [0.05, 0.1) is 23.4 Å². The maximum absolute atomic E-state index is 13.5. The molecule has 0 unspecified atom stereocenters. The number of hydrogen-bond donors (Lipinski definition) is 1. The number of nitrogens with zero attached hydrogens (tertiary/aromatic N) is 2. The first-order valence-electron chi connectivity index (χ1n) is 9.48. The highest BCUT2D eigenvalue weighted by molar-refractivity contribution is 14.1. The van der Waals surface area contributed by atoms with Gasteiger partial charge in [0.1, 0.15) is 5.75 Å². The molecular weight excluding hydrogens is 521 g/mol. The van der Waals surface area contributed by atoms with E-state index in [0.717, 1.165) is 53.1 Å². The highest BCUT2D eigenvalue weighted by Crippen LogP contribution is 2.39. The second kappa shape index (κ2) is 8.52. The van der Waals surface area contributed by atoms with E-state index in [0.29, 0.717) is 17.2 Å². The van der Waals surface area contributed by atoms with E-state index >= 15 is 0 Å². The fourth-order valence-corrected chi connectivity index (χ4v) is 7.02. The Bertz CT molecular complexity index is 1020. The van der Waals surface area contributed by atoms with E-state index < -0.39 is 10.0 Å². The molecule has 0 radical (unpaired) electrons. The summed E-state index contributed by atoms with van der Waals surface area (Å²) in [4.78, 5) is 3.68. The summed E-state index contributed by atoms with van der Waals surface area (Å²) in [6.45, 7) is 3.86. The number of methoxy groups -OCH3 is 1. The number of hydrogen-bond acceptors (Lipinski definition) is 6. The van der Waals surface area contributed by atoms with E-state index in [1.165, 1.54) is 4.90 Å². The van der Waals surface area contributed by atoms with Crippen molar-refractivity contribution in [3.63, 3.8) is 0 Å². The number of benzene rings is 2. The van der Waals surface area contributed by atoms with Gasteiger partial charge in [-0.2, -0.15) is 0 Å². The fraction of sp³-hybridized carbons (Fsp3) is 0.400. The van der Waals surface area contributed by atoms with Gasteiger partial charge in [0.15, 0.2) is 0 Å². The molecule has 4 rings (SSSR count). The third kappa shape index (κ3) is 3.94. The molecular formula is C20H24IN3O3S2. The number of sulfonamides is 1. The summed E-state index contributed by atoms with van der Waals surface area (Å²) < 4.78 is 35.2. The topological polar surface area (TPSA) is 61.9 Å². The minimum Gasteiger partial charge on any atom is -0.495 e. The molecule has 0 saturated carbocycles. The maximum Gasteiger partial charge on any atom is 0.264 e. The van der Waals surface area contributed by atoms with Gasteiger partial charge in [-0.05, 0) is 71.2 Å². The summed E-state index contributed by atoms with van der Waals surface area (Å²) in [6.07, 6.45) is 2.78. The maximum atomic E-state index is 13.5. The van der Waals surface area contributed by atoms with Crippen LogP contribution in [0.25, 0.3) is 0 Å². The zero-order chi connectivity index (χ0) is 20.6. The standard InChI is InChI=1S/C20H24IN3O3S2/c1-27-19-4-3-15(12-18(19)23-9-6-22-7-10-23)29(25,26)24-8-5-14-11-20(28-2)16(21)13-17(14)24/h3-4,11-13,22H,5-10H2,1-2H3. The van der Waals surface area contributed by atoms with Gasteiger partial charge in [-0.1, -0.05) is 0 Å². The van der Waals surface area contributed by atoms with Gasteiger partial charge < -0.3 is 15.0 Å². The van der Waals surface area contributed by atoms with Crippen LogP contribution in [0, 0.1) is 3.57 Å². The van der Waals surface area contributed by atoms with Gasteiger partial charge in [0, 0.05) is 41.2 Å². The van der Waals surface area contributed by atoms with Crippen LogP contribution in [-0.2, 0) is 16.4 Å². The number of piperazine rings is 1. The number of nitrogens with one attached hydrogen (secondary N) is 1. The van der Waals surface area contributed by atoms with Gasteiger partial charge in [0.2, 0.25) is 0 Å². The van der Waals surface area contributed by atoms with Crippen LogP contribution in [0.1, 0.15) is 5.56 Å². The van der Waals surface area contributed by atoms with Crippen LogP contribution in [-0.4, -0.2) is 54.5 Å². The molecule has 0 aliphatic carbocycles. The van der Waals surface area contributed by atoms with E-state index in [1.807, 2.05) is 12.3 Å². The molecule has 156 valence electrons. The van der Waals surface area contributed by atoms with Crippen LogP contribution in [0.5, 0.6) is 5.75 Å². The van der Waals surface area contributed by atoms with Crippen LogP contribution in [0.4, 0.5) is 11.4 Å². The minimum atomic E-state index is -3.65. The Morgan fingerprint density at radius 1 is 1.10 bits per heavy atom. The lowest BCUT2D eigenvalue weighted by Crippen LogP contribution is -2.43. The highest BCUT2D eigenvalue weighted by atomic mass is 127. The molecule has 2 aromatic carbocycles. The first-order valence-corrected chi connectivity index (χ1v) is 13.2. The zero-order valence-electron chi connectivity index (χ0n) is 16.4. The van der Waals surface area contributed by atoms with Gasteiger partial charge in [-0.3, -0.25) is 4.31 Å². The molecule has 0 bridgehead atoms. The van der Waals surface area contributed by atoms with Crippen molar-refractivity contribution in [2.45, 2.75) is 16.2 Å². The Morgan fingerprint density at radius 2 is 1.86 bits per heavy atom. The van der Waals surface area contributed by atoms with E-state index in [1.54, 1.807) is 41.4 Å². The first-order chi connectivity index (χ1) is 14.0. The van der Waals surface area contributed by atoms with E-state index in [9.17, 15) is 8.42 Å². The Morgan fingerprint density at radius 3 is 2.55 bits per heavy atom. The van der Waals surface area contributed by atoms with Crippen molar-refractivity contribution in [1.29, 1.82) is 0 Å². The number of rotatable bonds is 5. The van der Waals surface area contributed by atoms with Crippen LogP contribution in [0.15, 0.2) is 40.1 Å². The lowest BCUT2D eigenvalue weighted by Gasteiger charge is -2.31. The Labute approximate surface area is 190 Å². The minimum absolute atomic E-state index is 0.309. The number of fused-ring (bicyclic) bond motifs is 1. The molecule has 6 nitrogen and oxygen atoms in total. The second-order valence-corrected chi connectivity index (χ2v) is 10.9. The first kappa shape index (κ1) is 21.1. The van der Waals surface area contributed by atoms with E-state index in [-0.39, 0.29) is 0 Å². The van der Waals surface area contributed by atoms with Crippen molar-refractivity contribution in [2.75, 3.05) is 55.3 Å². The molecule has 1 fully saturated rings. The number of anilines is 2. The Kier molecular flexibility index (Phi) is 6.19. The number of thioether (sulfide) groups is 1. The SMILES string of the molecule is COc1ccc(S(=O)(=O)N2CCc3cc(SC)c(I)cc32)cc1N1CCNCC1. The van der Waals surface area contributed by atoms with E-state index in [2.05, 4.69) is 38.9 Å². The Balaban J connectivity index is 1.73. The van der Waals surface area contributed by atoms with Crippen molar-refractivity contribution in [3.8, 4) is 5.75 Å². The molecule has 2 aliphatic rings. The average molecular weight is 545 g/mol. The Hall–Kier alpha value is -1.17. The molecule has 0 aromatic heterocycles.